The van der Waals surface area contributed by atoms with Crippen LogP contribution in [-0.2, 0) is 0 Å². The SMILES string of the molecule is Nc1cc(NC(=O)n2cc(C(=O)O)c(=O)c3ccccc32)ccc1OC(F)(F)F. The van der Waals surface area contributed by atoms with E-state index in [1.54, 1.807) is 6.07 Å². The van der Waals surface area contributed by atoms with E-state index >= 15 is 0 Å². The number of benzene rings is 2. The highest BCUT2D eigenvalue weighted by molar-refractivity contribution is 6.01. The van der Waals surface area contributed by atoms with Crippen LogP contribution in [0.5, 0.6) is 5.75 Å². The summed E-state index contributed by atoms with van der Waals surface area (Å²) in [5, 5.41) is 11.6. The summed E-state index contributed by atoms with van der Waals surface area (Å²) in [6.45, 7) is 0. The Bertz CT molecular complexity index is 1190. The minimum Gasteiger partial charge on any atom is -0.477 e. The van der Waals surface area contributed by atoms with Gasteiger partial charge in [-0.3, -0.25) is 9.36 Å². The number of rotatable bonds is 3. The number of carbonyl (C=O) groups is 2. The fourth-order valence-electron chi connectivity index (χ4n) is 2.63. The number of carboxylic acid groups (broad SMARTS) is 1. The number of hydrogen-bond acceptors (Lipinski definition) is 5. The summed E-state index contributed by atoms with van der Waals surface area (Å²) < 4.78 is 41.6. The number of halogens is 3. The monoisotopic (exact) mass is 407 g/mol. The molecule has 0 fully saturated rings. The van der Waals surface area contributed by atoms with Crippen LogP contribution in [0, 0.1) is 0 Å². The van der Waals surface area contributed by atoms with Crippen LogP contribution in [0.1, 0.15) is 10.4 Å². The molecule has 0 unspecified atom stereocenters. The number of nitrogens with zero attached hydrogens (tertiary/aromatic N) is 1. The van der Waals surface area contributed by atoms with Crippen molar-refractivity contribution in [2.75, 3.05) is 11.1 Å². The van der Waals surface area contributed by atoms with E-state index in [0.29, 0.717) is 0 Å². The van der Waals surface area contributed by atoms with E-state index in [0.717, 1.165) is 29.0 Å². The minimum atomic E-state index is -4.93. The lowest BCUT2D eigenvalue weighted by molar-refractivity contribution is -0.274. The number of aromatic carboxylic acids is 1. The lowest BCUT2D eigenvalue weighted by atomic mass is 10.1. The van der Waals surface area contributed by atoms with Crippen LogP contribution in [0.2, 0.25) is 0 Å². The third kappa shape index (κ3) is 4.13. The normalized spacial score (nSPS) is 11.3. The number of para-hydroxylation sites is 1. The maximum absolute atomic E-state index is 12.6. The second kappa shape index (κ2) is 7.19. The number of carboxylic acids is 1. The third-order valence-electron chi connectivity index (χ3n) is 3.85. The highest BCUT2D eigenvalue weighted by Crippen LogP contribution is 2.30. The smallest absolute Gasteiger partial charge is 0.477 e. The standard InChI is InChI=1S/C18H12F3N3O5/c19-18(20,21)29-14-6-5-9(7-12(14)22)23-17(28)24-8-11(16(26)27)15(25)10-3-1-2-4-13(10)24/h1-8H,22H2,(H,23,28)(H,26,27). The summed E-state index contributed by atoms with van der Waals surface area (Å²) >= 11 is 0. The summed E-state index contributed by atoms with van der Waals surface area (Å²) in [5.41, 5.74) is 3.94. The summed E-state index contributed by atoms with van der Waals surface area (Å²) in [4.78, 5) is 36.2. The van der Waals surface area contributed by atoms with Crippen molar-refractivity contribution >= 4 is 34.3 Å². The van der Waals surface area contributed by atoms with E-state index in [1.165, 1.54) is 18.2 Å². The van der Waals surface area contributed by atoms with Crippen molar-refractivity contribution in [3.8, 4) is 5.75 Å². The zero-order valence-corrected chi connectivity index (χ0v) is 14.4. The second-order valence-electron chi connectivity index (χ2n) is 5.79. The molecule has 1 heterocycles. The Labute approximate surface area is 159 Å². The molecule has 0 bridgehead atoms. The minimum absolute atomic E-state index is 0.0102. The second-order valence-corrected chi connectivity index (χ2v) is 5.79. The largest absolute Gasteiger partial charge is 0.573 e. The van der Waals surface area contributed by atoms with E-state index in [9.17, 15) is 32.7 Å². The number of nitrogens with two attached hydrogens (primary N) is 1. The van der Waals surface area contributed by atoms with Crippen molar-refractivity contribution in [2.24, 2.45) is 0 Å². The molecule has 0 aliphatic rings. The summed E-state index contributed by atoms with van der Waals surface area (Å²) in [6.07, 6.45) is -4.06. The van der Waals surface area contributed by atoms with Crippen molar-refractivity contribution in [2.45, 2.75) is 6.36 Å². The lowest BCUT2D eigenvalue weighted by Crippen LogP contribution is -2.25. The van der Waals surface area contributed by atoms with E-state index in [-0.39, 0.29) is 22.3 Å². The van der Waals surface area contributed by atoms with Crippen LogP contribution in [0.3, 0.4) is 0 Å². The van der Waals surface area contributed by atoms with Crippen LogP contribution in [0.15, 0.2) is 53.5 Å². The average Bonchev–Trinajstić information content (AvgIpc) is 2.63. The van der Waals surface area contributed by atoms with Gasteiger partial charge in [-0.15, -0.1) is 13.2 Å². The van der Waals surface area contributed by atoms with Crippen molar-refractivity contribution in [3.05, 3.63) is 64.4 Å². The molecule has 0 radical (unpaired) electrons. The molecule has 1 aromatic heterocycles. The van der Waals surface area contributed by atoms with Crippen LogP contribution in [0.4, 0.5) is 29.3 Å². The van der Waals surface area contributed by atoms with Gasteiger partial charge in [0.1, 0.15) is 5.56 Å². The first-order valence-electron chi connectivity index (χ1n) is 7.91. The van der Waals surface area contributed by atoms with Gasteiger partial charge in [0.2, 0.25) is 5.43 Å². The molecular formula is C18H12F3N3O5. The number of nitrogen functional groups attached to an aromatic ring is 1. The topological polar surface area (TPSA) is 124 Å². The Morgan fingerprint density at radius 3 is 2.45 bits per heavy atom. The molecule has 8 nitrogen and oxygen atoms in total. The molecule has 29 heavy (non-hydrogen) atoms. The fraction of sp³-hybridized carbons (Fsp3) is 0.0556. The Kier molecular flexibility index (Phi) is 4.89. The van der Waals surface area contributed by atoms with Gasteiger partial charge in [-0.05, 0) is 30.3 Å². The molecule has 0 aliphatic heterocycles. The number of nitrogens with one attached hydrogen (secondary N) is 1. The zero-order chi connectivity index (χ0) is 21.3. The first kappa shape index (κ1) is 19.7. The van der Waals surface area contributed by atoms with Gasteiger partial charge in [0.25, 0.3) is 0 Å². The van der Waals surface area contributed by atoms with E-state index < -0.39 is 35.1 Å². The highest BCUT2D eigenvalue weighted by atomic mass is 19.4. The molecule has 0 spiro atoms. The first-order chi connectivity index (χ1) is 13.6. The maximum Gasteiger partial charge on any atom is 0.573 e. The number of amides is 1. The van der Waals surface area contributed by atoms with Crippen molar-refractivity contribution in [1.29, 1.82) is 0 Å². The van der Waals surface area contributed by atoms with E-state index in [2.05, 4.69) is 10.1 Å². The van der Waals surface area contributed by atoms with Gasteiger partial charge in [0.15, 0.2) is 5.75 Å². The number of fused-ring (bicyclic) bond motifs is 1. The number of anilines is 2. The molecule has 0 atom stereocenters. The summed E-state index contributed by atoms with van der Waals surface area (Å²) in [6, 6.07) is 8.11. The molecule has 11 heteroatoms. The quantitative estimate of drug-likeness (QED) is 0.573. The van der Waals surface area contributed by atoms with Gasteiger partial charge in [0, 0.05) is 17.3 Å². The molecule has 3 rings (SSSR count). The molecule has 1 amide bonds. The van der Waals surface area contributed by atoms with Crippen LogP contribution in [-0.4, -0.2) is 28.0 Å². The highest BCUT2D eigenvalue weighted by Gasteiger charge is 2.32. The number of carbonyl (C=O) groups excluding carboxylic acids is 1. The Morgan fingerprint density at radius 2 is 1.83 bits per heavy atom. The van der Waals surface area contributed by atoms with Gasteiger partial charge in [0.05, 0.1) is 11.2 Å². The molecule has 0 saturated heterocycles. The number of ether oxygens (including phenoxy) is 1. The number of hydrogen-bond donors (Lipinski definition) is 3. The van der Waals surface area contributed by atoms with Gasteiger partial charge in [-0.2, -0.15) is 0 Å². The number of pyridine rings is 1. The predicted molar refractivity (Wildman–Crippen MR) is 97.1 cm³/mol. The molecule has 4 N–H and O–H groups in total. The number of aromatic nitrogens is 1. The van der Waals surface area contributed by atoms with Gasteiger partial charge < -0.3 is 20.9 Å². The Balaban J connectivity index is 1.99. The van der Waals surface area contributed by atoms with Crippen molar-refractivity contribution < 1.29 is 32.6 Å². The Morgan fingerprint density at radius 1 is 1.14 bits per heavy atom. The summed E-state index contributed by atoms with van der Waals surface area (Å²) in [5.74, 6) is -2.15. The van der Waals surface area contributed by atoms with Crippen LogP contribution >= 0.6 is 0 Å². The molecule has 0 saturated carbocycles. The van der Waals surface area contributed by atoms with Gasteiger partial charge in [-0.25, -0.2) is 9.59 Å². The predicted octanol–water partition coefficient (Wildman–Crippen LogP) is 3.26. The fourth-order valence-corrected chi connectivity index (χ4v) is 2.63. The van der Waals surface area contributed by atoms with Gasteiger partial charge in [-0.1, -0.05) is 12.1 Å². The van der Waals surface area contributed by atoms with Crippen LogP contribution < -0.4 is 21.2 Å². The average molecular weight is 407 g/mol. The van der Waals surface area contributed by atoms with E-state index in [1.807, 2.05) is 0 Å². The van der Waals surface area contributed by atoms with Crippen LogP contribution in [0.25, 0.3) is 10.9 Å². The van der Waals surface area contributed by atoms with E-state index in [4.69, 9.17) is 5.73 Å². The Hall–Kier alpha value is -4.02. The summed E-state index contributed by atoms with van der Waals surface area (Å²) in [7, 11) is 0. The maximum atomic E-state index is 12.6. The zero-order valence-electron chi connectivity index (χ0n) is 14.4. The molecule has 3 aromatic rings. The van der Waals surface area contributed by atoms with Crippen molar-refractivity contribution in [1.82, 2.24) is 4.57 Å². The molecule has 150 valence electrons. The molecule has 0 aliphatic carbocycles. The molecular weight excluding hydrogens is 395 g/mol. The molecule has 2 aromatic carbocycles. The third-order valence-corrected chi connectivity index (χ3v) is 3.85. The van der Waals surface area contributed by atoms with Gasteiger partial charge >= 0.3 is 18.4 Å². The lowest BCUT2D eigenvalue weighted by Gasteiger charge is -2.14. The van der Waals surface area contributed by atoms with Crippen molar-refractivity contribution in [3.63, 3.8) is 0 Å². The number of alkyl halides is 3. The first-order valence-corrected chi connectivity index (χ1v) is 7.91.